The van der Waals surface area contributed by atoms with Crippen molar-refractivity contribution in [2.75, 3.05) is 5.32 Å². The highest BCUT2D eigenvalue weighted by Crippen LogP contribution is 2.15. The van der Waals surface area contributed by atoms with Crippen molar-refractivity contribution in [2.45, 2.75) is 6.54 Å². The van der Waals surface area contributed by atoms with E-state index in [2.05, 4.69) is 5.32 Å². The van der Waals surface area contributed by atoms with Crippen LogP contribution in [-0.4, -0.2) is 0 Å². The summed E-state index contributed by atoms with van der Waals surface area (Å²) in [7, 11) is 0. The van der Waals surface area contributed by atoms with E-state index in [0.29, 0.717) is 5.69 Å². The van der Waals surface area contributed by atoms with Gasteiger partial charge in [0.25, 0.3) is 0 Å². The van der Waals surface area contributed by atoms with Gasteiger partial charge < -0.3 is 5.32 Å². The van der Waals surface area contributed by atoms with E-state index in [4.69, 9.17) is 0 Å². The summed E-state index contributed by atoms with van der Waals surface area (Å²) in [5, 5.41) is 2.84. The molecule has 0 aromatic heterocycles. The summed E-state index contributed by atoms with van der Waals surface area (Å²) in [6.45, 7) is 0.111. The zero-order valence-corrected chi connectivity index (χ0v) is 9.18. The Morgan fingerprint density at radius 3 is 1.94 bits per heavy atom. The van der Waals surface area contributed by atoms with E-state index in [0.717, 1.165) is 12.1 Å². The van der Waals surface area contributed by atoms with Crippen LogP contribution in [0.2, 0.25) is 0 Å². The molecular formula is C13H9F4N. The standard InChI is InChI=1S/C13H9F4N/c14-9-1-3-10(4-2-9)18-7-8-5-11(15)13(17)12(16)6-8/h1-6,18H,7H2. The summed E-state index contributed by atoms with van der Waals surface area (Å²) in [4.78, 5) is 0. The maximum Gasteiger partial charge on any atom is 0.194 e. The quantitative estimate of drug-likeness (QED) is 0.648. The number of rotatable bonds is 3. The summed E-state index contributed by atoms with van der Waals surface area (Å²) in [6, 6.07) is 7.32. The molecule has 2 aromatic rings. The zero-order valence-electron chi connectivity index (χ0n) is 9.18. The highest BCUT2D eigenvalue weighted by molar-refractivity contribution is 5.43. The first-order chi connectivity index (χ1) is 8.56. The van der Waals surface area contributed by atoms with Gasteiger partial charge >= 0.3 is 0 Å². The van der Waals surface area contributed by atoms with Crippen molar-refractivity contribution in [1.29, 1.82) is 0 Å². The normalized spacial score (nSPS) is 10.4. The van der Waals surface area contributed by atoms with Crippen LogP contribution in [0.5, 0.6) is 0 Å². The second kappa shape index (κ2) is 5.08. The van der Waals surface area contributed by atoms with Crippen LogP contribution in [0.25, 0.3) is 0 Å². The van der Waals surface area contributed by atoms with E-state index in [9.17, 15) is 17.6 Å². The van der Waals surface area contributed by atoms with Crippen molar-refractivity contribution in [3.05, 3.63) is 65.2 Å². The minimum absolute atomic E-state index is 0.111. The molecule has 0 saturated carbocycles. The van der Waals surface area contributed by atoms with Crippen LogP contribution in [0, 0.1) is 23.3 Å². The lowest BCUT2D eigenvalue weighted by molar-refractivity contribution is 0.445. The third-order valence-corrected chi connectivity index (χ3v) is 2.38. The number of hydrogen-bond donors (Lipinski definition) is 1. The first-order valence-electron chi connectivity index (χ1n) is 5.19. The van der Waals surface area contributed by atoms with Crippen LogP contribution in [-0.2, 0) is 6.54 Å². The second-order valence-electron chi connectivity index (χ2n) is 3.73. The van der Waals surface area contributed by atoms with Gasteiger partial charge in [0.2, 0.25) is 0 Å². The smallest absolute Gasteiger partial charge is 0.194 e. The average molecular weight is 255 g/mol. The molecule has 0 radical (unpaired) electrons. The Kier molecular flexibility index (Phi) is 3.50. The molecule has 0 fully saturated rings. The van der Waals surface area contributed by atoms with Gasteiger partial charge in [-0.15, -0.1) is 0 Å². The van der Waals surface area contributed by atoms with E-state index in [1.54, 1.807) is 0 Å². The summed E-state index contributed by atoms with van der Waals surface area (Å²) < 4.78 is 51.2. The maximum atomic E-state index is 12.9. The van der Waals surface area contributed by atoms with Crippen LogP contribution >= 0.6 is 0 Å². The van der Waals surface area contributed by atoms with Gasteiger partial charge in [-0.1, -0.05) is 0 Å². The number of nitrogens with one attached hydrogen (secondary N) is 1. The van der Waals surface area contributed by atoms with Crippen molar-refractivity contribution in [2.24, 2.45) is 0 Å². The van der Waals surface area contributed by atoms with Gasteiger partial charge in [-0.3, -0.25) is 0 Å². The van der Waals surface area contributed by atoms with E-state index < -0.39 is 17.5 Å². The summed E-state index contributed by atoms with van der Waals surface area (Å²) in [6.07, 6.45) is 0. The number of benzene rings is 2. The van der Waals surface area contributed by atoms with Gasteiger partial charge in [0, 0.05) is 12.2 Å². The zero-order chi connectivity index (χ0) is 13.1. The van der Waals surface area contributed by atoms with Gasteiger partial charge in [0.15, 0.2) is 17.5 Å². The topological polar surface area (TPSA) is 12.0 Å². The predicted octanol–water partition coefficient (Wildman–Crippen LogP) is 3.86. The minimum atomic E-state index is -1.49. The Bertz CT molecular complexity index is 528. The minimum Gasteiger partial charge on any atom is -0.381 e. The fourth-order valence-electron chi connectivity index (χ4n) is 1.48. The van der Waals surface area contributed by atoms with Crippen LogP contribution in [0.15, 0.2) is 36.4 Å². The molecule has 1 nitrogen and oxygen atoms in total. The van der Waals surface area contributed by atoms with Gasteiger partial charge in [-0.25, -0.2) is 17.6 Å². The van der Waals surface area contributed by atoms with Gasteiger partial charge in [0.1, 0.15) is 5.82 Å². The second-order valence-corrected chi connectivity index (χ2v) is 3.73. The van der Waals surface area contributed by atoms with E-state index in [1.807, 2.05) is 0 Å². The third-order valence-electron chi connectivity index (χ3n) is 2.38. The highest BCUT2D eigenvalue weighted by atomic mass is 19.2. The predicted molar refractivity (Wildman–Crippen MR) is 60.0 cm³/mol. The molecule has 0 spiro atoms. The number of anilines is 1. The summed E-state index contributed by atoms with van der Waals surface area (Å²) >= 11 is 0. The van der Waals surface area contributed by atoms with Gasteiger partial charge in [0.05, 0.1) is 0 Å². The Labute approximate surface area is 101 Å². The van der Waals surface area contributed by atoms with Crippen molar-refractivity contribution >= 4 is 5.69 Å². The number of halogens is 4. The van der Waals surface area contributed by atoms with Crippen molar-refractivity contribution < 1.29 is 17.6 Å². The average Bonchev–Trinajstić information content (AvgIpc) is 2.35. The molecule has 0 heterocycles. The maximum absolute atomic E-state index is 12.9. The van der Waals surface area contributed by atoms with E-state index in [1.165, 1.54) is 24.3 Å². The van der Waals surface area contributed by atoms with Crippen molar-refractivity contribution in [3.8, 4) is 0 Å². The highest BCUT2D eigenvalue weighted by Gasteiger charge is 2.10. The molecule has 0 atom stereocenters. The van der Waals surface area contributed by atoms with E-state index >= 15 is 0 Å². The Balaban J connectivity index is 2.08. The van der Waals surface area contributed by atoms with Gasteiger partial charge in [-0.2, -0.15) is 0 Å². The molecule has 2 rings (SSSR count). The molecule has 5 heteroatoms. The molecule has 18 heavy (non-hydrogen) atoms. The lowest BCUT2D eigenvalue weighted by Gasteiger charge is -2.07. The molecule has 2 aromatic carbocycles. The van der Waals surface area contributed by atoms with Crippen molar-refractivity contribution in [3.63, 3.8) is 0 Å². The molecule has 94 valence electrons. The molecule has 0 aliphatic rings. The molecule has 0 bridgehead atoms. The van der Waals surface area contributed by atoms with Crippen LogP contribution in [0.1, 0.15) is 5.56 Å². The molecular weight excluding hydrogens is 246 g/mol. The SMILES string of the molecule is Fc1ccc(NCc2cc(F)c(F)c(F)c2)cc1. The van der Waals surface area contributed by atoms with Crippen molar-refractivity contribution in [1.82, 2.24) is 0 Å². The Morgan fingerprint density at radius 2 is 1.39 bits per heavy atom. The summed E-state index contributed by atoms with van der Waals surface area (Å²) in [5.41, 5.74) is 0.859. The fraction of sp³-hybridized carbons (Fsp3) is 0.0769. The number of hydrogen-bond acceptors (Lipinski definition) is 1. The third kappa shape index (κ3) is 2.80. The monoisotopic (exact) mass is 255 g/mol. The lowest BCUT2D eigenvalue weighted by atomic mass is 10.2. The molecule has 0 aliphatic carbocycles. The first-order valence-corrected chi connectivity index (χ1v) is 5.19. The Morgan fingerprint density at radius 1 is 0.833 bits per heavy atom. The van der Waals surface area contributed by atoms with E-state index in [-0.39, 0.29) is 17.9 Å². The van der Waals surface area contributed by atoms with Gasteiger partial charge in [-0.05, 0) is 42.0 Å². The van der Waals surface area contributed by atoms with Crippen LogP contribution in [0.4, 0.5) is 23.2 Å². The Hall–Kier alpha value is -2.04. The largest absolute Gasteiger partial charge is 0.381 e. The first kappa shape index (κ1) is 12.4. The molecule has 0 amide bonds. The lowest BCUT2D eigenvalue weighted by Crippen LogP contribution is -2.02. The van der Waals surface area contributed by atoms with Crippen LogP contribution in [0.3, 0.4) is 0 Å². The molecule has 1 N–H and O–H groups in total. The van der Waals surface area contributed by atoms with Crippen LogP contribution < -0.4 is 5.32 Å². The fourth-order valence-corrected chi connectivity index (χ4v) is 1.48. The summed E-state index contributed by atoms with van der Waals surface area (Å²) in [5.74, 6) is -4.32. The molecule has 0 saturated heterocycles. The molecule has 0 aliphatic heterocycles. The molecule has 0 unspecified atom stereocenters.